The molecular weight excluding hydrogens is 264 g/mol. The summed E-state index contributed by atoms with van der Waals surface area (Å²) in [6.45, 7) is 6.08. The van der Waals surface area contributed by atoms with Crippen molar-refractivity contribution in [3.63, 3.8) is 0 Å². The fraction of sp³-hybridized carbons (Fsp3) is 0.562. The molecule has 1 unspecified atom stereocenters. The Hall–Kier alpha value is -1.59. The number of piperidine rings is 1. The number of rotatable bonds is 5. The van der Waals surface area contributed by atoms with E-state index in [1.54, 1.807) is 0 Å². The molecule has 2 N–H and O–H groups in total. The van der Waals surface area contributed by atoms with Gasteiger partial charge in [0.1, 0.15) is 5.65 Å². The van der Waals surface area contributed by atoms with Gasteiger partial charge in [0.2, 0.25) is 0 Å². The van der Waals surface area contributed by atoms with Gasteiger partial charge in [-0.3, -0.25) is 0 Å². The molecule has 5 nitrogen and oxygen atoms in total. The molecule has 1 atom stereocenters. The number of anilines is 1. The third-order valence-corrected chi connectivity index (χ3v) is 4.23. The maximum Gasteiger partial charge on any atom is 0.152 e. The smallest absolute Gasteiger partial charge is 0.152 e. The SMILES string of the molecule is CCNCc1c(N2CCCC(CO)C2)nc2ccccn12. The minimum absolute atomic E-state index is 0.270. The number of nitrogens with one attached hydrogen (secondary N) is 1. The normalized spacial score (nSPS) is 19.3. The minimum atomic E-state index is 0.270. The summed E-state index contributed by atoms with van der Waals surface area (Å²) in [4.78, 5) is 7.16. The van der Waals surface area contributed by atoms with Crippen molar-refractivity contribution >= 4 is 11.5 Å². The molecule has 2 aromatic rings. The van der Waals surface area contributed by atoms with Gasteiger partial charge < -0.3 is 19.7 Å². The number of hydrogen-bond acceptors (Lipinski definition) is 4. The molecule has 3 rings (SSSR count). The zero-order valence-corrected chi connectivity index (χ0v) is 12.6. The van der Waals surface area contributed by atoms with Gasteiger partial charge in [-0.15, -0.1) is 0 Å². The van der Waals surface area contributed by atoms with Gasteiger partial charge in [0.05, 0.1) is 5.69 Å². The number of imidazole rings is 1. The van der Waals surface area contributed by atoms with Gasteiger partial charge in [-0.2, -0.15) is 0 Å². The predicted octanol–water partition coefficient (Wildman–Crippen LogP) is 1.65. The molecule has 0 saturated carbocycles. The van der Waals surface area contributed by atoms with Crippen molar-refractivity contribution in [1.29, 1.82) is 0 Å². The van der Waals surface area contributed by atoms with Gasteiger partial charge in [-0.1, -0.05) is 13.0 Å². The molecule has 1 aliphatic heterocycles. The van der Waals surface area contributed by atoms with Crippen molar-refractivity contribution in [3.8, 4) is 0 Å². The lowest BCUT2D eigenvalue weighted by atomic mass is 9.99. The number of nitrogens with zero attached hydrogens (tertiary/aromatic N) is 3. The van der Waals surface area contributed by atoms with E-state index in [4.69, 9.17) is 4.98 Å². The van der Waals surface area contributed by atoms with Crippen molar-refractivity contribution in [1.82, 2.24) is 14.7 Å². The molecule has 114 valence electrons. The Morgan fingerprint density at radius 1 is 1.43 bits per heavy atom. The summed E-state index contributed by atoms with van der Waals surface area (Å²) in [5.74, 6) is 1.44. The summed E-state index contributed by atoms with van der Waals surface area (Å²) in [6.07, 6.45) is 4.31. The summed E-state index contributed by atoms with van der Waals surface area (Å²) in [5, 5.41) is 12.9. The van der Waals surface area contributed by atoms with E-state index in [0.29, 0.717) is 5.92 Å². The van der Waals surface area contributed by atoms with Crippen molar-refractivity contribution in [2.24, 2.45) is 5.92 Å². The highest BCUT2D eigenvalue weighted by atomic mass is 16.3. The van der Waals surface area contributed by atoms with Crippen LogP contribution in [0.15, 0.2) is 24.4 Å². The molecule has 0 spiro atoms. The van der Waals surface area contributed by atoms with Gasteiger partial charge in [0.25, 0.3) is 0 Å². The van der Waals surface area contributed by atoms with E-state index in [2.05, 4.69) is 27.7 Å². The zero-order valence-electron chi connectivity index (χ0n) is 12.6. The van der Waals surface area contributed by atoms with Crippen LogP contribution in [0, 0.1) is 5.92 Å². The summed E-state index contributed by atoms with van der Waals surface area (Å²) >= 11 is 0. The zero-order chi connectivity index (χ0) is 14.7. The summed E-state index contributed by atoms with van der Waals surface area (Å²) in [7, 11) is 0. The fourth-order valence-electron chi connectivity index (χ4n) is 3.10. The Labute approximate surface area is 125 Å². The van der Waals surface area contributed by atoms with E-state index >= 15 is 0 Å². The Morgan fingerprint density at radius 2 is 2.33 bits per heavy atom. The number of hydrogen-bond donors (Lipinski definition) is 2. The average Bonchev–Trinajstić information content (AvgIpc) is 2.91. The van der Waals surface area contributed by atoms with Crippen LogP contribution in [0.5, 0.6) is 0 Å². The maximum absolute atomic E-state index is 9.44. The van der Waals surface area contributed by atoms with Crippen molar-refractivity contribution < 1.29 is 5.11 Å². The first kappa shape index (κ1) is 14.4. The second kappa shape index (κ2) is 6.45. The summed E-state index contributed by atoms with van der Waals surface area (Å²) in [5.41, 5.74) is 2.21. The van der Waals surface area contributed by atoms with Gasteiger partial charge in [-0.25, -0.2) is 4.98 Å². The molecule has 5 heteroatoms. The Balaban J connectivity index is 1.96. The van der Waals surface area contributed by atoms with Crippen LogP contribution >= 0.6 is 0 Å². The molecule has 0 aromatic carbocycles. The molecular formula is C16H24N4O. The predicted molar refractivity (Wildman–Crippen MR) is 84.6 cm³/mol. The third kappa shape index (κ3) is 2.89. The van der Waals surface area contributed by atoms with Gasteiger partial charge in [0.15, 0.2) is 5.82 Å². The van der Waals surface area contributed by atoms with Crippen LogP contribution in [0.25, 0.3) is 5.65 Å². The molecule has 0 bridgehead atoms. The number of pyridine rings is 1. The van der Waals surface area contributed by atoms with E-state index < -0.39 is 0 Å². The largest absolute Gasteiger partial charge is 0.396 e. The highest BCUT2D eigenvalue weighted by Gasteiger charge is 2.24. The van der Waals surface area contributed by atoms with Crippen LogP contribution in [0.1, 0.15) is 25.5 Å². The van der Waals surface area contributed by atoms with Crippen LogP contribution in [0.3, 0.4) is 0 Å². The monoisotopic (exact) mass is 288 g/mol. The molecule has 3 heterocycles. The lowest BCUT2D eigenvalue weighted by Crippen LogP contribution is -2.37. The van der Waals surface area contributed by atoms with Crippen LogP contribution in [-0.2, 0) is 6.54 Å². The maximum atomic E-state index is 9.44. The second-order valence-corrected chi connectivity index (χ2v) is 5.73. The van der Waals surface area contributed by atoms with E-state index in [-0.39, 0.29) is 6.61 Å². The summed E-state index contributed by atoms with van der Waals surface area (Å²) < 4.78 is 2.17. The third-order valence-electron chi connectivity index (χ3n) is 4.23. The van der Waals surface area contributed by atoms with Crippen molar-refractivity contribution in [2.45, 2.75) is 26.3 Å². The molecule has 1 aliphatic rings. The van der Waals surface area contributed by atoms with Crippen molar-refractivity contribution in [3.05, 3.63) is 30.1 Å². The van der Waals surface area contributed by atoms with Gasteiger partial charge >= 0.3 is 0 Å². The van der Waals surface area contributed by atoms with Crippen LogP contribution < -0.4 is 10.2 Å². The van der Waals surface area contributed by atoms with Gasteiger partial charge in [-0.05, 0) is 37.4 Å². The lowest BCUT2D eigenvalue weighted by Gasteiger charge is -2.32. The standard InChI is InChI=1S/C16H24N4O/c1-2-17-10-14-16(18-15-7-3-4-9-20(14)15)19-8-5-6-13(11-19)12-21/h3-4,7,9,13,17,21H,2,5-6,8,10-12H2,1H3. The average molecular weight is 288 g/mol. The first-order valence-electron chi connectivity index (χ1n) is 7.86. The quantitative estimate of drug-likeness (QED) is 0.878. The molecule has 1 saturated heterocycles. The highest BCUT2D eigenvalue weighted by molar-refractivity contribution is 5.56. The summed E-state index contributed by atoms with van der Waals surface area (Å²) in [6, 6.07) is 6.11. The molecule has 0 radical (unpaired) electrons. The first-order valence-corrected chi connectivity index (χ1v) is 7.86. The number of aliphatic hydroxyl groups is 1. The van der Waals surface area contributed by atoms with E-state index in [1.807, 2.05) is 18.2 Å². The second-order valence-electron chi connectivity index (χ2n) is 5.73. The number of aromatic nitrogens is 2. The van der Waals surface area contributed by atoms with Crippen LogP contribution in [0.2, 0.25) is 0 Å². The molecule has 21 heavy (non-hydrogen) atoms. The topological polar surface area (TPSA) is 52.8 Å². The van der Waals surface area contributed by atoms with Gasteiger partial charge in [0, 0.05) is 32.4 Å². The first-order chi connectivity index (χ1) is 10.3. The van der Waals surface area contributed by atoms with E-state index in [1.165, 1.54) is 5.69 Å². The Bertz CT molecular complexity index is 595. The number of aliphatic hydroxyl groups excluding tert-OH is 1. The Kier molecular flexibility index (Phi) is 4.41. The molecule has 0 amide bonds. The Morgan fingerprint density at radius 3 is 3.14 bits per heavy atom. The molecule has 2 aromatic heterocycles. The van der Waals surface area contributed by atoms with E-state index in [0.717, 1.165) is 50.5 Å². The highest BCUT2D eigenvalue weighted by Crippen LogP contribution is 2.26. The molecule has 1 fully saturated rings. The number of fused-ring (bicyclic) bond motifs is 1. The van der Waals surface area contributed by atoms with E-state index in [9.17, 15) is 5.11 Å². The lowest BCUT2D eigenvalue weighted by molar-refractivity contribution is 0.208. The minimum Gasteiger partial charge on any atom is -0.396 e. The van der Waals surface area contributed by atoms with Crippen molar-refractivity contribution in [2.75, 3.05) is 31.1 Å². The van der Waals surface area contributed by atoms with Crippen LogP contribution in [0.4, 0.5) is 5.82 Å². The fourth-order valence-corrected chi connectivity index (χ4v) is 3.10. The van der Waals surface area contributed by atoms with Crippen LogP contribution in [-0.4, -0.2) is 40.7 Å². The molecule has 0 aliphatic carbocycles.